The number of anilines is 2. The number of ether oxygens (including phenoxy) is 1. The Morgan fingerprint density at radius 3 is 2.79 bits per heavy atom. The van der Waals surface area contributed by atoms with Gasteiger partial charge in [-0.3, -0.25) is 0 Å². The molecular formula is C9H16N4O. The lowest BCUT2D eigenvalue weighted by molar-refractivity contribution is 0.0870. The van der Waals surface area contributed by atoms with Crippen LogP contribution in [0.1, 0.15) is 13.8 Å². The molecule has 3 N–H and O–H groups in total. The average Bonchev–Trinajstić information content (AvgIpc) is 2.15. The molecule has 0 atom stereocenters. The van der Waals surface area contributed by atoms with Gasteiger partial charge < -0.3 is 15.8 Å². The minimum absolute atomic E-state index is 0.259. The van der Waals surface area contributed by atoms with Crippen molar-refractivity contribution in [3.63, 3.8) is 0 Å². The van der Waals surface area contributed by atoms with Crippen LogP contribution >= 0.6 is 0 Å². The molecule has 5 nitrogen and oxygen atoms in total. The molecule has 0 unspecified atom stereocenters. The highest BCUT2D eigenvalue weighted by Crippen LogP contribution is 2.01. The Hall–Kier alpha value is -1.36. The van der Waals surface area contributed by atoms with Gasteiger partial charge in [-0.25, -0.2) is 0 Å². The number of rotatable bonds is 5. The van der Waals surface area contributed by atoms with Gasteiger partial charge in [-0.15, -0.1) is 10.2 Å². The van der Waals surface area contributed by atoms with E-state index >= 15 is 0 Å². The highest BCUT2D eigenvalue weighted by Gasteiger charge is 1.95. The number of hydrogen-bond acceptors (Lipinski definition) is 5. The number of nitrogens with one attached hydrogen (secondary N) is 1. The first kappa shape index (κ1) is 10.7. The third kappa shape index (κ3) is 4.04. The molecule has 0 aliphatic heterocycles. The SMILES string of the molecule is CC(C)OCCNc1ccc(N)nn1. The van der Waals surface area contributed by atoms with Crippen molar-refractivity contribution in [1.82, 2.24) is 10.2 Å². The second-order valence-corrected chi connectivity index (χ2v) is 3.19. The van der Waals surface area contributed by atoms with E-state index in [9.17, 15) is 0 Å². The van der Waals surface area contributed by atoms with E-state index in [0.29, 0.717) is 18.2 Å². The molecule has 5 heteroatoms. The van der Waals surface area contributed by atoms with Crippen molar-refractivity contribution in [3.05, 3.63) is 12.1 Å². The molecule has 14 heavy (non-hydrogen) atoms. The number of nitrogen functional groups attached to an aromatic ring is 1. The molecule has 0 bridgehead atoms. The highest BCUT2D eigenvalue weighted by atomic mass is 16.5. The number of aromatic nitrogens is 2. The molecule has 0 saturated carbocycles. The van der Waals surface area contributed by atoms with Gasteiger partial charge in [0.15, 0.2) is 0 Å². The second kappa shape index (κ2) is 5.39. The highest BCUT2D eigenvalue weighted by molar-refractivity contribution is 5.38. The van der Waals surface area contributed by atoms with Crippen LogP contribution in [0.25, 0.3) is 0 Å². The molecule has 0 spiro atoms. The zero-order valence-corrected chi connectivity index (χ0v) is 8.53. The number of nitrogens with zero attached hydrogens (tertiary/aromatic N) is 2. The second-order valence-electron chi connectivity index (χ2n) is 3.19. The quantitative estimate of drug-likeness (QED) is 0.684. The van der Waals surface area contributed by atoms with Crippen molar-refractivity contribution in [1.29, 1.82) is 0 Å². The first-order chi connectivity index (χ1) is 6.68. The Balaban J connectivity index is 2.21. The molecule has 1 aromatic rings. The summed E-state index contributed by atoms with van der Waals surface area (Å²) in [6.07, 6.45) is 0.259. The van der Waals surface area contributed by atoms with Crippen LogP contribution in [0, 0.1) is 0 Å². The molecular weight excluding hydrogens is 180 g/mol. The Bertz CT molecular complexity index is 260. The van der Waals surface area contributed by atoms with Crippen LogP contribution in [0.3, 0.4) is 0 Å². The topological polar surface area (TPSA) is 73.1 Å². The smallest absolute Gasteiger partial charge is 0.148 e. The summed E-state index contributed by atoms with van der Waals surface area (Å²) in [5.41, 5.74) is 5.40. The molecule has 0 saturated heterocycles. The molecule has 0 aromatic carbocycles. The van der Waals surface area contributed by atoms with Gasteiger partial charge in [-0.2, -0.15) is 0 Å². The van der Waals surface area contributed by atoms with Crippen LogP contribution in [-0.4, -0.2) is 29.5 Å². The van der Waals surface area contributed by atoms with Crippen molar-refractivity contribution in [2.75, 3.05) is 24.2 Å². The van der Waals surface area contributed by atoms with Crippen molar-refractivity contribution in [2.45, 2.75) is 20.0 Å². The summed E-state index contributed by atoms with van der Waals surface area (Å²) in [6, 6.07) is 3.50. The average molecular weight is 196 g/mol. The van der Waals surface area contributed by atoms with E-state index in [4.69, 9.17) is 10.5 Å². The van der Waals surface area contributed by atoms with Crippen LogP contribution in [-0.2, 0) is 4.74 Å². The van der Waals surface area contributed by atoms with Gasteiger partial charge in [0.1, 0.15) is 11.6 Å². The number of hydrogen-bond donors (Lipinski definition) is 2. The molecule has 1 aromatic heterocycles. The van der Waals surface area contributed by atoms with Gasteiger partial charge in [-0.05, 0) is 26.0 Å². The predicted molar refractivity (Wildman–Crippen MR) is 56.0 cm³/mol. The van der Waals surface area contributed by atoms with Crippen LogP contribution in [0.15, 0.2) is 12.1 Å². The first-order valence-corrected chi connectivity index (χ1v) is 4.63. The fourth-order valence-electron chi connectivity index (χ4n) is 0.911. The van der Waals surface area contributed by atoms with Crippen LogP contribution in [0.5, 0.6) is 0 Å². The Kier molecular flexibility index (Phi) is 4.12. The van der Waals surface area contributed by atoms with Crippen LogP contribution < -0.4 is 11.1 Å². The van der Waals surface area contributed by atoms with Gasteiger partial charge >= 0.3 is 0 Å². The minimum Gasteiger partial charge on any atom is -0.382 e. The molecule has 1 heterocycles. The maximum Gasteiger partial charge on any atom is 0.148 e. The lowest BCUT2D eigenvalue weighted by Gasteiger charge is -2.08. The molecule has 0 amide bonds. The zero-order chi connectivity index (χ0) is 10.4. The summed E-state index contributed by atoms with van der Waals surface area (Å²) in [6.45, 7) is 5.38. The molecule has 1 rings (SSSR count). The standard InChI is InChI=1S/C9H16N4O/c1-7(2)14-6-5-11-9-4-3-8(10)12-13-9/h3-4,7H,5-6H2,1-2H3,(H2,10,12)(H,11,13). The maximum absolute atomic E-state index is 5.40. The zero-order valence-electron chi connectivity index (χ0n) is 8.53. The number of nitrogens with two attached hydrogens (primary N) is 1. The van der Waals surface area contributed by atoms with Crippen molar-refractivity contribution in [3.8, 4) is 0 Å². The lowest BCUT2D eigenvalue weighted by atomic mass is 10.5. The molecule has 0 radical (unpaired) electrons. The van der Waals surface area contributed by atoms with E-state index in [2.05, 4.69) is 15.5 Å². The van der Waals surface area contributed by atoms with E-state index in [-0.39, 0.29) is 6.10 Å². The van der Waals surface area contributed by atoms with E-state index in [1.807, 2.05) is 13.8 Å². The predicted octanol–water partition coefficient (Wildman–Crippen LogP) is 0.896. The summed E-state index contributed by atoms with van der Waals surface area (Å²) in [4.78, 5) is 0. The van der Waals surface area contributed by atoms with Gasteiger partial charge in [0.25, 0.3) is 0 Å². The van der Waals surface area contributed by atoms with E-state index < -0.39 is 0 Å². The summed E-state index contributed by atoms with van der Waals surface area (Å²) in [5, 5.41) is 10.6. The lowest BCUT2D eigenvalue weighted by Crippen LogP contribution is -2.14. The molecule has 0 aliphatic rings. The van der Waals surface area contributed by atoms with Crippen molar-refractivity contribution < 1.29 is 4.74 Å². The maximum atomic E-state index is 5.40. The van der Waals surface area contributed by atoms with Crippen LogP contribution in [0.4, 0.5) is 11.6 Å². The van der Waals surface area contributed by atoms with E-state index in [0.717, 1.165) is 6.54 Å². The van der Waals surface area contributed by atoms with E-state index in [1.54, 1.807) is 12.1 Å². The fourth-order valence-corrected chi connectivity index (χ4v) is 0.911. The van der Waals surface area contributed by atoms with Gasteiger partial charge in [0, 0.05) is 6.54 Å². The molecule has 0 fully saturated rings. The Morgan fingerprint density at radius 2 is 2.21 bits per heavy atom. The first-order valence-electron chi connectivity index (χ1n) is 4.63. The Labute approximate surface area is 83.7 Å². The van der Waals surface area contributed by atoms with Gasteiger partial charge in [0.05, 0.1) is 12.7 Å². The van der Waals surface area contributed by atoms with E-state index in [1.165, 1.54) is 0 Å². The summed E-state index contributed by atoms with van der Waals surface area (Å²) >= 11 is 0. The fraction of sp³-hybridized carbons (Fsp3) is 0.556. The van der Waals surface area contributed by atoms with Crippen LogP contribution in [0.2, 0.25) is 0 Å². The Morgan fingerprint density at radius 1 is 1.43 bits per heavy atom. The van der Waals surface area contributed by atoms with Gasteiger partial charge in [0.2, 0.25) is 0 Å². The van der Waals surface area contributed by atoms with Gasteiger partial charge in [-0.1, -0.05) is 0 Å². The molecule has 78 valence electrons. The minimum atomic E-state index is 0.259. The van der Waals surface area contributed by atoms with Crippen molar-refractivity contribution >= 4 is 11.6 Å². The third-order valence-electron chi connectivity index (χ3n) is 1.54. The largest absolute Gasteiger partial charge is 0.382 e. The molecule has 0 aliphatic carbocycles. The summed E-state index contributed by atoms with van der Waals surface area (Å²) in [7, 11) is 0. The summed E-state index contributed by atoms with van der Waals surface area (Å²) in [5.74, 6) is 1.14. The normalized spacial score (nSPS) is 10.5. The monoisotopic (exact) mass is 196 g/mol. The third-order valence-corrected chi connectivity index (χ3v) is 1.54. The summed E-state index contributed by atoms with van der Waals surface area (Å²) < 4.78 is 5.35. The van der Waals surface area contributed by atoms with Crippen molar-refractivity contribution in [2.24, 2.45) is 0 Å².